The standard InChI is InChI=1S/C18H15NO3S2/c1-22-15-11-13(18(20)21)7-8-14(15)19-24-17-10-9-16(23-17)12-5-3-2-4-6-12/h2-11,19H,1H3,(H,20,21). The van der Waals surface area contributed by atoms with Gasteiger partial charge in [0.25, 0.3) is 0 Å². The first kappa shape index (κ1) is 16.4. The molecule has 1 heterocycles. The summed E-state index contributed by atoms with van der Waals surface area (Å²) >= 11 is 3.17. The summed E-state index contributed by atoms with van der Waals surface area (Å²) in [6.07, 6.45) is 0. The molecule has 0 bridgehead atoms. The molecule has 122 valence electrons. The van der Waals surface area contributed by atoms with Crippen molar-refractivity contribution in [3.63, 3.8) is 0 Å². The van der Waals surface area contributed by atoms with E-state index in [1.54, 1.807) is 23.5 Å². The van der Waals surface area contributed by atoms with Crippen LogP contribution in [0.5, 0.6) is 5.75 Å². The number of hydrogen-bond acceptors (Lipinski definition) is 5. The van der Waals surface area contributed by atoms with Gasteiger partial charge in [-0.25, -0.2) is 4.79 Å². The van der Waals surface area contributed by atoms with Crippen LogP contribution in [0.1, 0.15) is 10.4 Å². The second-order valence-electron chi connectivity index (χ2n) is 4.91. The number of carboxylic acids is 1. The molecule has 24 heavy (non-hydrogen) atoms. The van der Waals surface area contributed by atoms with Crippen molar-refractivity contribution in [2.45, 2.75) is 4.21 Å². The average Bonchev–Trinajstić information content (AvgIpc) is 3.09. The molecule has 0 saturated carbocycles. The van der Waals surface area contributed by atoms with Crippen molar-refractivity contribution in [2.75, 3.05) is 11.8 Å². The quantitative estimate of drug-likeness (QED) is 0.591. The van der Waals surface area contributed by atoms with E-state index in [0.717, 1.165) is 9.90 Å². The summed E-state index contributed by atoms with van der Waals surface area (Å²) in [5.74, 6) is -0.472. The van der Waals surface area contributed by atoms with Gasteiger partial charge in [0.05, 0.1) is 22.6 Å². The molecule has 0 unspecified atom stereocenters. The summed E-state index contributed by atoms with van der Waals surface area (Å²) in [7, 11) is 1.52. The second-order valence-corrected chi connectivity index (χ2v) is 7.10. The number of aromatic carboxylic acids is 1. The molecular formula is C18H15NO3S2. The minimum atomic E-state index is -0.974. The van der Waals surface area contributed by atoms with Crippen molar-refractivity contribution >= 4 is 34.9 Å². The van der Waals surface area contributed by atoms with Crippen LogP contribution in [-0.4, -0.2) is 18.2 Å². The maximum Gasteiger partial charge on any atom is 0.335 e. The lowest BCUT2D eigenvalue weighted by Crippen LogP contribution is -1.99. The van der Waals surface area contributed by atoms with Crippen LogP contribution in [0, 0.1) is 0 Å². The van der Waals surface area contributed by atoms with Gasteiger partial charge in [-0.05, 0) is 47.8 Å². The van der Waals surface area contributed by atoms with Crippen LogP contribution in [0.4, 0.5) is 5.69 Å². The topological polar surface area (TPSA) is 58.6 Å². The molecule has 1 aromatic heterocycles. The highest BCUT2D eigenvalue weighted by atomic mass is 32.2. The fourth-order valence-electron chi connectivity index (χ4n) is 2.15. The lowest BCUT2D eigenvalue weighted by atomic mass is 10.2. The first-order valence-electron chi connectivity index (χ1n) is 7.17. The normalized spacial score (nSPS) is 10.4. The van der Waals surface area contributed by atoms with Crippen LogP contribution in [0.25, 0.3) is 10.4 Å². The predicted molar refractivity (Wildman–Crippen MR) is 99.2 cm³/mol. The number of hydrogen-bond donors (Lipinski definition) is 2. The Morgan fingerprint density at radius 3 is 2.62 bits per heavy atom. The highest BCUT2D eigenvalue weighted by Gasteiger charge is 2.10. The monoisotopic (exact) mass is 357 g/mol. The molecule has 0 amide bonds. The molecule has 0 saturated heterocycles. The van der Waals surface area contributed by atoms with E-state index in [-0.39, 0.29) is 5.56 Å². The van der Waals surface area contributed by atoms with E-state index in [9.17, 15) is 4.79 Å². The minimum absolute atomic E-state index is 0.199. The van der Waals surface area contributed by atoms with Gasteiger partial charge in [-0.2, -0.15) is 0 Å². The molecule has 0 spiro atoms. The SMILES string of the molecule is COc1cc(C(=O)O)ccc1NSc1ccc(-c2ccccc2)s1. The molecular weight excluding hydrogens is 342 g/mol. The Bertz CT molecular complexity index is 846. The Morgan fingerprint density at radius 1 is 1.12 bits per heavy atom. The van der Waals surface area contributed by atoms with Gasteiger partial charge in [0.15, 0.2) is 0 Å². The number of anilines is 1. The number of carbonyl (C=O) groups is 1. The Labute approximate surface area is 148 Å². The third-order valence-corrected chi connectivity index (χ3v) is 5.44. The molecule has 0 radical (unpaired) electrons. The Hall–Kier alpha value is -2.44. The summed E-state index contributed by atoms with van der Waals surface area (Å²) in [5.41, 5.74) is 2.13. The average molecular weight is 357 g/mol. The molecule has 2 aromatic carbocycles. The molecule has 0 aliphatic rings. The summed E-state index contributed by atoms with van der Waals surface area (Å²) in [4.78, 5) is 12.2. The third kappa shape index (κ3) is 3.72. The summed E-state index contributed by atoms with van der Waals surface area (Å²) < 4.78 is 9.59. The largest absolute Gasteiger partial charge is 0.495 e. The Morgan fingerprint density at radius 2 is 1.92 bits per heavy atom. The van der Waals surface area contributed by atoms with Gasteiger partial charge in [-0.1, -0.05) is 30.3 Å². The van der Waals surface area contributed by atoms with E-state index in [1.165, 1.54) is 35.6 Å². The maximum atomic E-state index is 11.0. The van der Waals surface area contributed by atoms with Gasteiger partial charge in [-0.3, -0.25) is 0 Å². The Balaban J connectivity index is 1.72. The fourth-order valence-corrected chi connectivity index (χ4v) is 3.97. The van der Waals surface area contributed by atoms with Crippen molar-refractivity contribution in [1.29, 1.82) is 0 Å². The zero-order valence-corrected chi connectivity index (χ0v) is 14.5. The van der Waals surface area contributed by atoms with Crippen molar-refractivity contribution < 1.29 is 14.6 Å². The predicted octanol–water partition coefficient (Wildman–Crippen LogP) is 5.24. The number of rotatable bonds is 6. The number of nitrogens with one attached hydrogen (secondary N) is 1. The van der Waals surface area contributed by atoms with Crippen molar-refractivity contribution in [3.8, 4) is 16.2 Å². The van der Waals surface area contributed by atoms with Crippen LogP contribution >= 0.6 is 23.3 Å². The van der Waals surface area contributed by atoms with Gasteiger partial charge in [0.2, 0.25) is 0 Å². The molecule has 3 aromatic rings. The van der Waals surface area contributed by atoms with Crippen LogP contribution in [0.3, 0.4) is 0 Å². The lowest BCUT2D eigenvalue weighted by molar-refractivity contribution is 0.0696. The van der Waals surface area contributed by atoms with E-state index in [1.807, 2.05) is 18.2 Å². The summed E-state index contributed by atoms with van der Waals surface area (Å²) in [6.45, 7) is 0. The zero-order valence-electron chi connectivity index (χ0n) is 12.9. The van der Waals surface area contributed by atoms with E-state index in [2.05, 4.69) is 29.0 Å². The van der Waals surface area contributed by atoms with Crippen molar-refractivity contribution in [1.82, 2.24) is 0 Å². The van der Waals surface area contributed by atoms with Crippen molar-refractivity contribution in [3.05, 3.63) is 66.2 Å². The molecule has 0 atom stereocenters. The number of thiophene rings is 1. The van der Waals surface area contributed by atoms with Crippen molar-refractivity contribution in [2.24, 2.45) is 0 Å². The molecule has 6 heteroatoms. The van der Waals surface area contributed by atoms with Crippen LogP contribution in [0.15, 0.2) is 64.9 Å². The van der Waals surface area contributed by atoms with E-state index >= 15 is 0 Å². The highest BCUT2D eigenvalue weighted by molar-refractivity contribution is 8.02. The summed E-state index contributed by atoms with van der Waals surface area (Å²) in [6, 6.07) is 19.1. The van der Waals surface area contributed by atoms with Gasteiger partial charge in [-0.15, -0.1) is 11.3 Å². The third-order valence-electron chi connectivity index (χ3n) is 3.35. The number of benzene rings is 2. The molecule has 0 fully saturated rings. The first-order valence-corrected chi connectivity index (χ1v) is 8.80. The van der Waals surface area contributed by atoms with Crippen LogP contribution in [-0.2, 0) is 0 Å². The minimum Gasteiger partial charge on any atom is -0.495 e. The molecule has 3 rings (SSSR count). The molecule has 0 aliphatic carbocycles. The number of ether oxygens (including phenoxy) is 1. The molecule has 4 nitrogen and oxygen atoms in total. The molecule has 2 N–H and O–H groups in total. The summed E-state index contributed by atoms with van der Waals surface area (Å²) in [5, 5.41) is 9.04. The van der Waals surface area contributed by atoms with Crippen LogP contribution in [0.2, 0.25) is 0 Å². The first-order chi connectivity index (χ1) is 11.7. The maximum absolute atomic E-state index is 11.0. The van der Waals surface area contributed by atoms with E-state index in [4.69, 9.17) is 9.84 Å². The van der Waals surface area contributed by atoms with Gasteiger partial charge >= 0.3 is 5.97 Å². The van der Waals surface area contributed by atoms with Gasteiger partial charge in [0.1, 0.15) is 5.75 Å². The lowest BCUT2D eigenvalue weighted by Gasteiger charge is -2.10. The zero-order chi connectivity index (χ0) is 16.9. The van der Waals surface area contributed by atoms with E-state index < -0.39 is 5.97 Å². The fraction of sp³-hybridized carbons (Fsp3) is 0.0556. The van der Waals surface area contributed by atoms with E-state index in [0.29, 0.717) is 5.75 Å². The van der Waals surface area contributed by atoms with Crippen LogP contribution < -0.4 is 9.46 Å². The number of carboxylic acid groups (broad SMARTS) is 1. The number of methoxy groups -OCH3 is 1. The van der Waals surface area contributed by atoms with Gasteiger partial charge in [0, 0.05) is 4.88 Å². The second kappa shape index (κ2) is 7.42. The molecule has 0 aliphatic heterocycles. The Kier molecular flexibility index (Phi) is 5.08. The smallest absolute Gasteiger partial charge is 0.335 e. The van der Waals surface area contributed by atoms with Gasteiger partial charge < -0.3 is 14.6 Å². The highest BCUT2D eigenvalue weighted by Crippen LogP contribution is 2.36.